The molecule has 0 aliphatic carbocycles. The topological polar surface area (TPSA) is 195 Å². The number of imide groups is 1. The highest BCUT2D eigenvalue weighted by Gasteiger charge is 2.39. The highest BCUT2D eigenvalue weighted by atomic mass is 35.5. The molecule has 0 radical (unpaired) electrons. The first-order valence-corrected chi connectivity index (χ1v) is 22.0. The lowest BCUT2D eigenvalue weighted by atomic mass is 9.95. The van der Waals surface area contributed by atoms with E-state index in [0.717, 1.165) is 11.1 Å². The van der Waals surface area contributed by atoms with E-state index in [1.165, 1.54) is 23.1 Å². The minimum atomic E-state index is -0.731. The van der Waals surface area contributed by atoms with Crippen LogP contribution in [-0.4, -0.2) is 90.4 Å². The minimum absolute atomic E-state index is 0.101. The molecule has 0 bridgehead atoms. The van der Waals surface area contributed by atoms with Crippen LogP contribution in [0.2, 0.25) is 5.02 Å². The van der Waals surface area contributed by atoms with Crippen LogP contribution in [0.4, 0.5) is 20.4 Å². The zero-order chi connectivity index (χ0) is 46.7. The fourth-order valence-electron chi connectivity index (χ4n) is 7.81. The van der Waals surface area contributed by atoms with Crippen LogP contribution >= 0.6 is 11.6 Å². The number of benzene rings is 4. The maximum Gasteiger partial charge on any atom is 0.255 e. The molecule has 18 heteroatoms. The normalized spacial score (nSPS) is 15.4. The number of halogens is 3. The Labute approximate surface area is 389 Å². The zero-order valence-corrected chi connectivity index (χ0v) is 36.9. The smallest absolute Gasteiger partial charge is 0.255 e. The summed E-state index contributed by atoms with van der Waals surface area (Å²) in [7, 11) is 0. The molecule has 4 aromatic carbocycles. The number of rotatable bonds is 18. The molecule has 3 amide bonds. The van der Waals surface area contributed by atoms with Crippen molar-refractivity contribution >= 4 is 52.4 Å². The number of carbonyl (C=O) groups is 3. The Balaban J connectivity index is 0.713. The van der Waals surface area contributed by atoms with Crippen LogP contribution in [0, 0.1) is 29.0 Å². The largest absolute Gasteiger partial charge is 0.387 e. The predicted octanol–water partition coefficient (Wildman–Crippen LogP) is 6.91. The Kier molecular flexibility index (Phi) is 15.1. The molecule has 1 atom stereocenters. The molecule has 1 aromatic heterocycles. The number of carbonyl (C=O) groups excluding carboxylic acids is 3. The average molecular weight is 927 g/mol. The van der Waals surface area contributed by atoms with E-state index in [1.807, 2.05) is 36.4 Å². The van der Waals surface area contributed by atoms with Crippen LogP contribution in [-0.2, 0) is 32.2 Å². The highest BCUT2D eigenvalue weighted by Crippen LogP contribution is 2.35. The zero-order valence-electron chi connectivity index (χ0n) is 36.1. The van der Waals surface area contributed by atoms with Gasteiger partial charge in [0.1, 0.15) is 23.4 Å². The molecule has 1 saturated heterocycles. The molecule has 3 aliphatic heterocycles. The summed E-state index contributed by atoms with van der Waals surface area (Å²) in [4.78, 5) is 52.1. The van der Waals surface area contributed by atoms with Gasteiger partial charge in [0, 0.05) is 95.5 Å². The Morgan fingerprint density at radius 1 is 0.925 bits per heavy atom. The van der Waals surface area contributed by atoms with Crippen LogP contribution in [0.15, 0.2) is 101 Å². The molecule has 3 aliphatic rings. The van der Waals surface area contributed by atoms with Gasteiger partial charge in [0.25, 0.3) is 5.91 Å². The minimum Gasteiger partial charge on any atom is -0.387 e. The number of piperidine rings is 1. The van der Waals surface area contributed by atoms with Crippen molar-refractivity contribution in [3.8, 4) is 23.1 Å². The summed E-state index contributed by atoms with van der Waals surface area (Å²) < 4.78 is 41.2. The van der Waals surface area contributed by atoms with Crippen molar-refractivity contribution in [3.63, 3.8) is 0 Å². The molecule has 8 rings (SSSR count). The molecule has 4 heterocycles. The molecule has 5 aromatic rings. The molecule has 0 spiro atoms. The molecule has 1 unspecified atom stereocenters. The Hall–Kier alpha value is -7.23. The van der Waals surface area contributed by atoms with E-state index in [0.29, 0.717) is 121 Å². The molecule has 342 valence electrons. The number of aliphatic imine (C=N–C) groups is 1. The van der Waals surface area contributed by atoms with Gasteiger partial charge in [0.2, 0.25) is 17.8 Å². The summed E-state index contributed by atoms with van der Waals surface area (Å²) >= 11 is 6.35. The summed E-state index contributed by atoms with van der Waals surface area (Å²) in [6.07, 6.45) is 4.46. The van der Waals surface area contributed by atoms with Gasteiger partial charge in [-0.05, 0) is 66.6 Å². The van der Waals surface area contributed by atoms with Gasteiger partial charge in [-0.15, -0.1) is 0 Å². The van der Waals surface area contributed by atoms with Gasteiger partial charge in [-0.25, -0.2) is 24.3 Å². The number of anilines is 2. The van der Waals surface area contributed by atoms with Crippen molar-refractivity contribution in [2.75, 3.05) is 51.4 Å². The van der Waals surface area contributed by atoms with Gasteiger partial charge in [0.05, 0.1) is 49.9 Å². The van der Waals surface area contributed by atoms with Crippen molar-refractivity contribution in [3.05, 3.63) is 147 Å². The third-order valence-electron chi connectivity index (χ3n) is 11.1. The third kappa shape index (κ3) is 11.2. The maximum atomic E-state index is 14.9. The van der Waals surface area contributed by atoms with Crippen molar-refractivity contribution in [1.29, 1.82) is 5.53 Å². The lowest BCUT2D eigenvalue weighted by molar-refractivity contribution is -0.136. The molecule has 67 heavy (non-hydrogen) atoms. The average Bonchev–Trinajstić information content (AvgIpc) is 3.56. The molecular weight excluding hydrogens is 882 g/mol. The number of amides is 3. The predicted molar refractivity (Wildman–Crippen MR) is 248 cm³/mol. The van der Waals surface area contributed by atoms with Crippen molar-refractivity contribution in [2.45, 2.75) is 38.4 Å². The van der Waals surface area contributed by atoms with Crippen LogP contribution in [0.1, 0.15) is 63.0 Å². The number of aromatic nitrogens is 2. The van der Waals surface area contributed by atoms with Crippen LogP contribution in [0.25, 0.3) is 17.0 Å². The van der Waals surface area contributed by atoms with Gasteiger partial charge in [-0.2, -0.15) is 5.11 Å². The van der Waals surface area contributed by atoms with E-state index in [9.17, 15) is 23.2 Å². The molecule has 15 nitrogen and oxygen atoms in total. The monoisotopic (exact) mass is 926 g/mol. The molecule has 1 fully saturated rings. The summed E-state index contributed by atoms with van der Waals surface area (Å²) in [5.41, 5.74) is 13.9. The summed E-state index contributed by atoms with van der Waals surface area (Å²) in [6.45, 7) is 4.08. The summed E-state index contributed by atoms with van der Waals surface area (Å²) in [5, 5.41) is 16.0. The van der Waals surface area contributed by atoms with Crippen LogP contribution < -0.4 is 21.3 Å². The number of ether oxygens (including phenoxy) is 2. The second kappa shape index (κ2) is 21.8. The lowest BCUT2D eigenvalue weighted by Crippen LogP contribution is -2.52. The Morgan fingerprint density at radius 3 is 2.48 bits per heavy atom. The van der Waals surface area contributed by atoms with E-state index in [1.54, 1.807) is 36.7 Å². The highest BCUT2D eigenvalue weighted by molar-refractivity contribution is 6.31. The van der Waals surface area contributed by atoms with E-state index in [2.05, 4.69) is 48.2 Å². The first-order valence-electron chi connectivity index (χ1n) is 21.6. The lowest BCUT2D eigenvalue weighted by Gasteiger charge is -2.29. The van der Waals surface area contributed by atoms with Crippen molar-refractivity contribution in [1.82, 2.24) is 30.8 Å². The van der Waals surface area contributed by atoms with Crippen molar-refractivity contribution < 1.29 is 32.6 Å². The fraction of sp³-hybridized carbons (Fsp3) is 0.265. The first-order chi connectivity index (χ1) is 32.7. The molecule has 0 saturated carbocycles. The van der Waals surface area contributed by atoms with Gasteiger partial charge < -0.3 is 30.3 Å². The number of hydrogen-bond donors (Lipinski definition) is 5. The quantitative estimate of drug-likeness (QED) is 0.0267. The summed E-state index contributed by atoms with van der Waals surface area (Å²) in [5.74, 6) is 4.19. The van der Waals surface area contributed by atoms with Crippen LogP contribution in [0.3, 0.4) is 0 Å². The first kappa shape index (κ1) is 46.3. The van der Waals surface area contributed by atoms with Gasteiger partial charge >= 0.3 is 0 Å². The number of nitrogens with zero attached hydrogens (tertiary/aromatic N) is 5. The Bertz CT molecular complexity index is 2810. The van der Waals surface area contributed by atoms with E-state index < -0.39 is 23.6 Å². The fourth-order valence-corrected chi connectivity index (χ4v) is 7.99. The number of fused-ring (bicyclic) bond motifs is 4. The van der Waals surface area contributed by atoms with Gasteiger partial charge in [-0.1, -0.05) is 47.7 Å². The van der Waals surface area contributed by atoms with Gasteiger partial charge in [0.15, 0.2) is 0 Å². The molecular formula is C49H45ClF2N10O5. The maximum absolute atomic E-state index is 14.9. The standard InChI is InChI=1S/C49H45ClF2N10O5/c50-34-10-14-37-38(25-34)46(44-39(51)5-3-6-40(44)52)56-26-33-27-57-49(60-45(33)37)58-35-11-8-31(9-12-35)41(61-53)28-55-19-21-67-23-22-66-20-18-54-17-2-1-4-30-7-13-36-32(24-30)29-62(48(36)65)42-15-16-43(63)59-47(42)64/h3,5-14,24-25,27-28,42,53-55H,2,15-23,26,29H2,(H,57,58,60)(H,59,63,64)/b41-28-,61-53?. The summed E-state index contributed by atoms with van der Waals surface area (Å²) in [6, 6.07) is 20.8. The molecule has 5 N–H and O–H groups in total. The van der Waals surface area contributed by atoms with E-state index in [4.69, 9.17) is 31.6 Å². The van der Waals surface area contributed by atoms with Gasteiger partial charge in [-0.3, -0.25) is 24.7 Å². The second-order valence-corrected chi connectivity index (χ2v) is 16.1. The van der Waals surface area contributed by atoms with E-state index >= 15 is 0 Å². The van der Waals surface area contributed by atoms with Crippen molar-refractivity contribution in [2.24, 2.45) is 10.1 Å². The third-order valence-corrected chi connectivity index (χ3v) is 11.4. The number of nitrogens with one attached hydrogen (secondary N) is 5. The van der Waals surface area contributed by atoms with E-state index in [-0.39, 0.29) is 36.1 Å². The Morgan fingerprint density at radius 2 is 1.70 bits per heavy atom. The second-order valence-electron chi connectivity index (χ2n) is 15.6. The SMILES string of the molecule is N=N/C(=C\NCCOCCOCCNCCC#Cc1ccc2c(c1)CN(C1CCC(=O)NC1=O)C2=O)c1ccc(Nc2ncc3c(n2)-c2ccc(Cl)cc2C(c2c(F)cccc2F)=NC3)cc1. The van der Waals surface area contributed by atoms with Crippen LogP contribution in [0.5, 0.6) is 0 Å². The number of hydrogen-bond acceptors (Lipinski definition) is 13.